The highest BCUT2D eigenvalue weighted by Crippen LogP contribution is 2.27. The Morgan fingerprint density at radius 1 is 1.00 bits per heavy atom. The van der Waals surface area contributed by atoms with Crippen LogP contribution in [0.2, 0.25) is 0 Å². The second-order valence-electron chi connectivity index (χ2n) is 6.79. The highest BCUT2D eigenvalue weighted by Gasteiger charge is 2.20. The zero-order valence-corrected chi connectivity index (χ0v) is 16.6. The summed E-state index contributed by atoms with van der Waals surface area (Å²) in [6.07, 6.45) is 0.734. The minimum atomic E-state index is -0.608. The number of hydrogen-bond donors (Lipinski definition) is 1. The van der Waals surface area contributed by atoms with E-state index in [1.165, 1.54) is 11.1 Å². The Bertz CT molecular complexity index is 893. The van der Waals surface area contributed by atoms with Gasteiger partial charge in [-0.1, -0.05) is 65.8 Å². The Kier molecular flexibility index (Phi) is 6.79. The molecule has 6 heteroatoms. The average molecular weight is 392 g/mol. The predicted octanol–water partition coefficient (Wildman–Crippen LogP) is 3.79. The zero-order valence-electron chi connectivity index (χ0n) is 16.6. The standard InChI is InChI=1S/C23H24N2O4/c1-16-22(17(2)29-25-16)23(27)28-15-21(26)24-14-13-20(18-9-5-3-6-10-18)19-11-7-4-8-12-19/h3-12,20H,13-15H2,1-2H3,(H,24,26). The minimum Gasteiger partial charge on any atom is -0.452 e. The van der Waals surface area contributed by atoms with Crippen LogP contribution in [0.4, 0.5) is 0 Å². The lowest BCUT2D eigenvalue weighted by atomic mass is 9.88. The first-order valence-electron chi connectivity index (χ1n) is 9.53. The topological polar surface area (TPSA) is 81.4 Å². The SMILES string of the molecule is Cc1noc(C)c1C(=O)OCC(=O)NCCC(c1ccccc1)c1ccccc1. The molecule has 3 aromatic rings. The van der Waals surface area contributed by atoms with Gasteiger partial charge in [-0.3, -0.25) is 4.79 Å². The van der Waals surface area contributed by atoms with Crippen LogP contribution < -0.4 is 5.32 Å². The smallest absolute Gasteiger partial charge is 0.344 e. The quantitative estimate of drug-likeness (QED) is 0.590. The fraction of sp³-hybridized carbons (Fsp3) is 0.261. The number of aryl methyl sites for hydroxylation is 2. The van der Waals surface area contributed by atoms with E-state index in [1.807, 2.05) is 36.4 Å². The number of aromatic nitrogens is 1. The molecule has 150 valence electrons. The summed E-state index contributed by atoms with van der Waals surface area (Å²) in [6, 6.07) is 20.4. The summed E-state index contributed by atoms with van der Waals surface area (Å²) >= 11 is 0. The van der Waals surface area contributed by atoms with Crippen molar-refractivity contribution in [3.63, 3.8) is 0 Å². The van der Waals surface area contributed by atoms with Crippen molar-refractivity contribution < 1.29 is 18.8 Å². The van der Waals surface area contributed by atoms with Crippen LogP contribution in [0.5, 0.6) is 0 Å². The summed E-state index contributed by atoms with van der Waals surface area (Å²) < 4.78 is 10.0. The molecule has 0 radical (unpaired) electrons. The van der Waals surface area contributed by atoms with E-state index in [-0.39, 0.29) is 24.0 Å². The van der Waals surface area contributed by atoms with Gasteiger partial charge in [-0.25, -0.2) is 4.79 Å². The van der Waals surface area contributed by atoms with E-state index < -0.39 is 5.97 Å². The maximum Gasteiger partial charge on any atom is 0.344 e. The normalized spacial score (nSPS) is 10.7. The lowest BCUT2D eigenvalue weighted by molar-refractivity contribution is -0.124. The number of nitrogens with zero attached hydrogens (tertiary/aromatic N) is 1. The number of carbonyl (C=O) groups is 2. The molecule has 0 atom stereocenters. The molecule has 29 heavy (non-hydrogen) atoms. The zero-order chi connectivity index (χ0) is 20.6. The molecule has 0 fully saturated rings. The molecule has 1 amide bonds. The highest BCUT2D eigenvalue weighted by molar-refractivity contribution is 5.93. The molecule has 1 heterocycles. The monoisotopic (exact) mass is 392 g/mol. The molecular weight excluding hydrogens is 368 g/mol. The summed E-state index contributed by atoms with van der Waals surface area (Å²) in [6.45, 7) is 3.41. The summed E-state index contributed by atoms with van der Waals surface area (Å²) in [5, 5.41) is 6.54. The largest absolute Gasteiger partial charge is 0.452 e. The molecule has 6 nitrogen and oxygen atoms in total. The third-order valence-electron chi connectivity index (χ3n) is 4.73. The van der Waals surface area contributed by atoms with Crippen molar-refractivity contribution in [2.24, 2.45) is 0 Å². The van der Waals surface area contributed by atoms with Crippen LogP contribution in [0, 0.1) is 13.8 Å². The van der Waals surface area contributed by atoms with Gasteiger partial charge in [-0.2, -0.15) is 0 Å². The molecule has 0 saturated heterocycles. The van der Waals surface area contributed by atoms with Gasteiger partial charge in [0.25, 0.3) is 5.91 Å². The van der Waals surface area contributed by atoms with Crippen LogP contribution in [0.25, 0.3) is 0 Å². The van der Waals surface area contributed by atoms with Crippen LogP contribution in [0.3, 0.4) is 0 Å². The van der Waals surface area contributed by atoms with E-state index in [1.54, 1.807) is 13.8 Å². The van der Waals surface area contributed by atoms with Crippen molar-refractivity contribution >= 4 is 11.9 Å². The third-order valence-corrected chi connectivity index (χ3v) is 4.73. The lowest BCUT2D eigenvalue weighted by Crippen LogP contribution is -2.30. The Morgan fingerprint density at radius 2 is 1.59 bits per heavy atom. The van der Waals surface area contributed by atoms with Gasteiger partial charge in [-0.15, -0.1) is 0 Å². The summed E-state index contributed by atoms with van der Waals surface area (Å²) in [5.41, 5.74) is 3.10. The van der Waals surface area contributed by atoms with Crippen LogP contribution in [0.15, 0.2) is 65.2 Å². The van der Waals surface area contributed by atoms with Crippen molar-refractivity contribution in [3.05, 3.63) is 88.8 Å². The van der Waals surface area contributed by atoms with E-state index in [0.29, 0.717) is 18.0 Å². The molecule has 0 aliphatic heterocycles. The van der Waals surface area contributed by atoms with Gasteiger partial charge < -0.3 is 14.6 Å². The Labute approximate surface area is 169 Å². The molecule has 0 aliphatic rings. The fourth-order valence-corrected chi connectivity index (χ4v) is 3.28. The van der Waals surface area contributed by atoms with E-state index >= 15 is 0 Å². The number of amides is 1. The number of benzene rings is 2. The van der Waals surface area contributed by atoms with Gasteiger partial charge in [0.1, 0.15) is 11.3 Å². The third kappa shape index (κ3) is 5.31. The van der Waals surface area contributed by atoms with Crippen LogP contribution >= 0.6 is 0 Å². The fourth-order valence-electron chi connectivity index (χ4n) is 3.28. The molecule has 1 N–H and O–H groups in total. The first-order valence-corrected chi connectivity index (χ1v) is 9.53. The summed E-state index contributed by atoms with van der Waals surface area (Å²) in [4.78, 5) is 24.2. The molecule has 0 bridgehead atoms. The van der Waals surface area contributed by atoms with Crippen LogP contribution in [-0.2, 0) is 9.53 Å². The molecule has 2 aromatic carbocycles. The van der Waals surface area contributed by atoms with Gasteiger partial charge in [0.15, 0.2) is 6.61 Å². The predicted molar refractivity (Wildman–Crippen MR) is 109 cm³/mol. The number of carbonyl (C=O) groups excluding carboxylic acids is 2. The van der Waals surface area contributed by atoms with Gasteiger partial charge in [0.2, 0.25) is 0 Å². The minimum absolute atomic E-state index is 0.169. The van der Waals surface area contributed by atoms with E-state index in [0.717, 1.165) is 6.42 Å². The number of esters is 1. The maximum absolute atomic E-state index is 12.1. The number of nitrogens with one attached hydrogen (secondary N) is 1. The number of ether oxygens (including phenoxy) is 1. The van der Waals surface area contributed by atoms with Gasteiger partial charge in [0, 0.05) is 12.5 Å². The van der Waals surface area contributed by atoms with Crippen molar-refractivity contribution in [3.8, 4) is 0 Å². The van der Waals surface area contributed by atoms with E-state index in [9.17, 15) is 9.59 Å². The first-order chi connectivity index (χ1) is 14.1. The molecule has 0 spiro atoms. The number of hydrogen-bond acceptors (Lipinski definition) is 5. The Balaban J connectivity index is 1.53. The van der Waals surface area contributed by atoms with Crippen molar-refractivity contribution in [1.82, 2.24) is 10.5 Å². The van der Waals surface area contributed by atoms with E-state index in [2.05, 4.69) is 34.7 Å². The second kappa shape index (κ2) is 9.68. The van der Waals surface area contributed by atoms with Gasteiger partial charge in [0.05, 0.1) is 5.69 Å². The molecule has 0 aliphatic carbocycles. The maximum atomic E-state index is 12.1. The second-order valence-corrected chi connectivity index (χ2v) is 6.79. The Morgan fingerprint density at radius 3 is 2.10 bits per heavy atom. The first kappa shape index (κ1) is 20.3. The molecular formula is C23H24N2O4. The van der Waals surface area contributed by atoms with E-state index in [4.69, 9.17) is 9.26 Å². The summed E-state index contributed by atoms with van der Waals surface area (Å²) in [5.74, 6) is -0.406. The molecule has 0 unspecified atom stereocenters. The highest BCUT2D eigenvalue weighted by atomic mass is 16.5. The van der Waals surface area contributed by atoms with Gasteiger partial charge >= 0.3 is 5.97 Å². The number of rotatable bonds is 8. The molecule has 0 saturated carbocycles. The molecule has 1 aromatic heterocycles. The lowest BCUT2D eigenvalue weighted by Gasteiger charge is -2.18. The van der Waals surface area contributed by atoms with Crippen LogP contribution in [0.1, 0.15) is 45.3 Å². The molecule has 3 rings (SSSR count). The Hall–Kier alpha value is -3.41. The van der Waals surface area contributed by atoms with Gasteiger partial charge in [-0.05, 0) is 31.4 Å². The average Bonchev–Trinajstić information content (AvgIpc) is 3.09. The summed E-state index contributed by atoms with van der Waals surface area (Å²) in [7, 11) is 0. The van der Waals surface area contributed by atoms with Crippen molar-refractivity contribution in [2.45, 2.75) is 26.2 Å². The van der Waals surface area contributed by atoms with Crippen LogP contribution in [-0.4, -0.2) is 30.2 Å². The van der Waals surface area contributed by atoms with Crippen molar-refractivity contribution in [1.29, 1.82) is 0 Å². The van der Waals surface area contributed by atoms with Crippen molar-refractivity contribution in [2.75, 3.05) is 13.2 Å².